The third kappa shape index (κ3) is 3.15. The number of amides is 3. The topological polar surface area (TPSA) is 66.5 Å². The van der Waals surface area contributed by atoms with Gasteiger partial charge in [-0.2, -0.15) is 0 Å². The molecule has 2 atom stereocenters. The number of carbonyl (C=O) groups excluding carboxylic acids is 3. The fraction of sp³-hybridized carbons (Fsp3) is 0.353. The Hall–Kier alpha value is -2.14. The number of halogens is 1. The van der Waals surface area contributed by atoms with Crippen LogP contribution in [0.15, 0.2) is 36.4 Å². The molecule has 3 rings (SSSR count). The molecule has 1 aromatic carbocycles. The quantitative estimate of drug-likeness (QED) is 0.676. The van der Waals surface area contributed by atoms with Gasteiger partial charge in [0.2, 0.25) is 17.7 Å². The van der Waals surface area contributed by atoms with Gasteiger partial charge in [0.1, 0.15) is 6.54 Å². The highest BCUT2D eigenvalue weighted by Gasteiger charge is 2.47. The van der Waals surface area contributed by atoms with Gasteiger partial charge >= 0.3 is 0 Å². The molecular formula is C17H17ClN2O3. The van der Waals surface area contributed by atoms with Gasteiger partial charge in [0.15, 0.2) is 0 Å². The summed E-state index contributed by atoms with van der Waals surface area (Å²) in [5.41, 5.74) is 0.791. The van der Waals surface area contributed by atoms with E-state index < -0.39 is 0 Å². The maximum atomic E-state index is 12.3. The standard InChI is InChI=1S/C17H17ClN2O3/c18-14-8-4-1-5-11(14)9-19-15(21)10-20-16(22)12-6-2-3-7-13(12)17(20)23/h1-5,8,12-13H,6-7,9-10H2,(H,19,21)/t12-,13+. The summed E-state index contributed by atoms with van der Waals surface area (Å²) in [4.78, 5) is 37.7. The molecule has 1 heterocycles. The molecule has 5 nitrogen and oxygen atoms in total. The third-order valence-corrected chi connectivity index (χ3v) is 4.70. The van der Waals surface area contributed by atoms with Gasteiger partial charge in [-0.15, -0.1) is 0 Å². The Morgan fingerprint density at radius 2 is 1.74 bits per heavy atom. The summed E-state index contributed by atoms with van der Waals surface area (Å²) in [6.07, 6.45) is 5.00. The first kappa shape index (κ1) is 15.7. The normalized spacial score (nSPS) is 23.1. The predicted octanol–water partition coefficient (Wildman–Crippen LogP) is 1.91. The number of carbonyl (C=O) groups is 3. The molecule has 23 heavy (non-hydrogen) atoms. The maximum absolute atomic E-state index is 12.3. The van der Waals surface area contributed by atoms with Crippen molar-refractivity contribution in [1.82, 2.24) is 10.2 Å². The maximum Gasteiger partial charge on any atom is 0.240 e. The Balaban J connectivity index is 1.59. The molecule has 1 aliphatic heterocycles. The van der Waals surface area contributed by atoms with E-state index in [4.69, 9.17) is 11.6 Å². The molecule has 0 bridgehead atoms. The number of imide groups is 1. The lowest BCUT2D eigenvalue weighted by molar-refractivity contribution is -0.143. The minimum Gasteiger partial charge on any atom is -0.350 e. The minimum atomic E-state index is -0.363. The zero-order chi connectivity index (χ0) is 16.4. The average molecular weight is 333 g/mol. The van der Waals surface area contributed by atoms with Crippen LogP contribution in [0.4, 0.5) is 0 Å². The highest BCUT2D eigenvalue weighted by molar-refractivity contribution is 6.31. The molecule has 6 heteroatoms. The van der Waals surface area contributed by atoms with Crippen LogP contribution < -0.4 is 5.32 Å². The predicted molar refractivity (Wildman–Crippen MR) is 85.4 cm³/mol. The van der Waals surface area contributed by atoms with Crippen LogP contribution >= 0.6 is 11.6 Å². The molecule has 0 aromatic heterocycles. The Labute approximate surface area is 139 Å². The Morgan fingerprint density at radius 1 is 1.13 bits per heavy atom. The molecule has 0 spiro atoms. The van der Waals surface area contributed by atoms with E-state index in [1.54, 1.807) is 6.07 Å². The number of allylic oxidation sites excluding steroid dienone is 2. The number of likely N-dealkylation sites (tertiary alicyclic amines) is 1. The first-order valence-electron chi connectivity index (χ1n) is 7.58. The van der Waals surface area contributed by atoms with Crippen molar-refractivity contribution in [2.75, 3.05) is 6.54 Å². The molecule has 0 unspecified atom stereocenters. The van der Waals surface area contributed by atoms with E-state index in [1.807, 2.05) is 30.4 Å². The highest BCUT2D eigenvalue weighted by atomic mass is 35.5. The monoisotopic (exact) mass is 332 g/mol. The second-order valence-corrected chi connectivity index (χ2v) is 6.19. The number of rotatable bonds is 4. The van der Waals surface area contributed by atoms with Crippen molar-refractivity contribution in [2.24, 2.45) is 11.8 Å². The largest absolute Gasteiger partial charge is 0.350 e. The average Bonchev–Trinajstić information content (AvgIpc) is 2.80. The van der Waals surface area contributed by atoms with Gasteiger partial charge < -0.3 is 5.32 Å². The molecule has 1 N–H and O–H groups in total. The fourth-order valence-corrected chi connectivity index (χ4v) is 3.26. The smallest absolute Gasteiger partial charge is 0.240 e. The molecular weight excluding hydrogens is 316 g/mol. The Bertz CT molecular complexity index is 660. The van der Waals surface area contributed by atoms with Crippen molar-refractivity contribution in [1.29, 1.82) is 0 Å². The van der Waals surface area contributed by atoms with Crippen LogP contribution in [-0.4, -0.2) is 29.2 Å². The van der Waals surface area contributed by atoms with Crippen LogP contribution in [0, 0.1) is 11.8 Å². The molecule has 120 valence electrons. The number of benzene rings is 1. The molecule has 1 saturated heterocycles. The lowest BCUT2D eigenvalue weighted by Crippen LogP contribution is -2.40. The number of hydrogen-bond acceptors (Lipinski definition) is 3. The second kappa shape index (κ2) is 6.54. The van der Waals surface area contributed by atoms with E-state index >= 15 is 0 Å². The van der Waals surface area contributed by atoms with Gasteiger partial charge in [-0.3, -0.25) is 19.3 Å². The number of fused-ring (bicyclic) bond motifs is 1. The number of hydrogen-bond donors (Lipinski definition) is 1. The van der Waals surface area contributed by atoms with Gasteiger partial charge in [-0.1, -0.05) is 42.0 Å². The number of nitrogens with one attached hydrogen (secondary N) is 1. The van der Waals surface area contributed by atoms with E-state index in [9.17, 15) is 14.4 Å². The molecule has 2 aliphatic rings. The SMILES string of the molecule is O=C(CN1C(=O)[C@H]2CC=CC[C@H]2C1=O)NCc1ccccc1Cl. The van der Waals surface area contributed by atoms with Crippen LogP contribution in [-0.2, 0) is 20.9 Å². The van der Waals surface area contributed by atoms with E-state index in [0.29, 0.717) is 17.9 Å². The molecule has 1 aliphatic carbocycles. The van der Waals surface area contributed by atoms with Crippen molar-refractivity contribution >= 4 is 29.3 Å². The summed E-state index contributed by atoms with van der Waals surface area (Å²) >= 11 is 6.03. The van der Waals surface area contributed by atoms with E-state index in [2.05, 4.69) is 5.32 Å². The Morgan fingerprint density at radius 3 is 2.35 bits per heavy atom. The molecule has 3 amide bonds. The first-order valence-corrected chi connectivity index (χ1v) is 7.96. The summed E-state index contributed by atoms with van der Waals surface area (Å²) in [6.45, 7) is 0.0399. The van der Waals surface area contributed by atoms with Gasteiger partial charge in [0.05, 0.1) is 11.8 Å². The van der Waals surface area contributed by atoms with Crippen LogP contribution in [0.2, 0.25) is 5.02 Å². The summed E-state index contributed by atoms with van der Waals surface area (Å²) in [6, 6.07) is 7.20. The van der Waals surface area contributed by atoms with E-state index in [-0.39, 0.29) is 42.6 Å². The molecule has 1 fully saturated rings. The highest BCUT2D eigenvalue weighted by Crippen LogP contribution is 2.34. The molecule has 0 saturated carbocycles. The summed E-state index contributed by atoms with van der Waals surface area (Å²) in [7, 11) is 0. The zero-order valence-corrected chi connectivity index (χ0v) is 13.3. The van der Waals surface area contributed by atoms with Crippen molar-refractivity contribution in [3.63, 3.8) is 0 Å². The molecule has 0 radical (unpaired) electrons. The molecule has 1 aromatic rings. The lowest BCUT2D eigenvalue weighted by Gasteiger charge is -2.14. The van der Waals surface area contributed by atoms with Crippen LogP contribution in [0.1, 0.15) is 18.4 Å². The van der Waals surface area contributed by atoms with Crippen LogP contribution in [0.5, 0.6) is 0 Å². The van der Waals surface area contributed by atoms with Crippen molar-refractivity contribution in [3.05, 3.63) is 47.0 Å². The van der Waals surface area contributed by atoms with Crippen molar-refractivity contribution in [3.8, 4) is 0 Å². The van der Waals surface area contributed by atoms with E-state index in [1.165, 1.54) is 0 Å². The van der Waals surface area contributed by atoms with Gasteiger partial charge in [-0.05, 0) is 24.5 Å². The van der Waals surface area contributed by atoms with Gasteiger partial charge in [-0.25, -0.2) is 0 Å². The second-order valence-electron chi connectivity index (χ2n) is 5.79. The van der Waals surface area contributed by atoms with Crippen molar-refractivity contribution < 1.29 is 14.4 Å². The third-order valence-electron chi connectivity index (χ3n) is 4.33. The minimum absolute atomic E-state index is 0.227. The lowest BCUT2D eigenvalue weighted by atomic mass is 9.85. The van der Waals surface area contributed by atoms with Gasteiger partial charge in [0, 0.05) is 11.6 Å². The summed E-state index contributed by atoms with van der Waals surface area (Å²) in [5.74, 6) is -1.44. The van der Waals surface area contributed by atoms with Crippen LogP contribution in [0.3, 0.4) is 0 Å². The van der Waals surface area contributed by atoms with Crippen LogP contribution in [0.25, 0.3) is 0 Å². The number of nitrogens with zero attached hydrogens (tertiary/aromatic N) is 1. The first-order chi connectivity index (χ1) is 11.1. The fourth-order valence-electron chi connectivity index (χ4n) is 3.06. The summed E-state index contributed by atoms with van der Waals surface area (Å²) < 4.78 is 0. The van der Waals surface area contributed by atoms with Gasteiger partial charge in [0.25, 0.3) is 0 Å². The van der Waals surface area contributed by atoms with E-state index in [0.717, 1.165) is 10.5 Å². The zero-order valence-electron chi connectivity index (χ0n) is 12.5. The Kier molecular flexibility index (Phi) is 4.48. The summed E-state index contributed by atoms with van der Waals surface area (Å²) in [5, 5.41) is 3.27. The van der Waals surface area contributed by atoms with Crippen molar-refractivity contribution in [2.45, 2.75) is 19.4 Å².